The number of aryl methyl sites for hydroxylation is 1. The van der Waals surface area contributed by atoms with Crippen molar-refractivity contribution in [2.45, 2.75) is 6.92 Å². The van der Waals surface area contributed by atoms with Crippen molar-refractivity contribution in [3.05, 3.63) is 83.4 Å². The Morgan fingerprint density at radius 1 is 1.04 bits per heavy atom. The lowest BCUT2D eigenvalue weighted by Gasteiger charge is -2.15. The van der Waals surface area contributed by atoms with Gasteiger partial charge in [0.1, 0.15) is 7.05 Å². The second-order valence-corrected chi connectivity index (χ2v) is 6.35. The van der Waals surface area contributed by atoms with Gasteiger partial charge in [0.15, 0.2) is 23.2 Å². The first-order valence-electron chi connectivity index (χ1n) is 8.80. The highest BCUT2D eigenvalue weighted by molar-refractivity contribution is 5.92. The second-order valence-electron chi connectivity index (χ2n) is 6.35. The van der Waals surface area contributed by atoms with Crippen molar-refractivity contribution in [1.82, 2.24) is 9.55 Å². The third-order valence-corrected chi connectivity index (χ3v) is 4.46. The minimum Gasteiger partial charge on any atom is -0.425 e. The molecule has 0 aliphatic carbocycles. The summed E-state index contributed by atoms with van der Waals surface area (Å²) in [6.07, 6.45) is 3.45. The van der Waals surface area contributed by atoms with Crippen LogP contribution >= 0.6 is 0 Å². The van der Waals surface area contributed by atoms with Gasteiger partial charge in [-0.1, -0.05) is 18.2 Å². The fraction of sp³-hybridized carbons (Fsp3) is 0.0909. The predicted molar refractivity (Wildman–Crippen MR) is 105 cm³/mol. The average molecular weight is 372 g/mol. The van der Waals surface area contributed by atoms with Gasteiger partial charge in [-0.05, 0) is 30.3 Å². The quantitative estimate of drug-likeness (QED) is 0.410. The molecule has 3 heterocycles. The minimum absolute atomic E-state index is 0.217. The molecule has 138 valence electrons. The fourth-order valence-corrected chi connectivity index (χ4v) is 3.27. The number of hydrogen-bond donors (Lipinski definition) is 0. The van der Waals surface area contributed by atoms with Crippen LogP contribution in [0.5, 0.6) is 5.75 Å². The highest BCUT2D eigenvalue weighted by atomic mass is 16.5. The number of hydrogen-bond acceptors (Lipinski definition) is 4. The molecule has 0 aliphatic rings. The number of ether oxygens (including phenoxy) is 1. The Morgan fingerprint density at radius 2 is 1.79 bits per heavy atom. The Morgan fingerprint density at radius 3 is 2.50 bits per heavy atom. The number of rotatable bonds is 3. The summed E-state index contributed by atoms with van der Waals surface area (Å²) in [5.41, 5.74) is 1.75. The largest absolute Gasteiger partial charge is 0.425 e. The van der Waals surface area contributed by atoms with Crippen molar-refractivity contribution in [3.63, 3.8) is 0 Å². The molecule has 4 aromatic rings. The molecule has 0 amide bonds. The zero-order valence-electron chi connectivity index (χ0n) is 15.5. The summed E-state index contributed by atoms with van der Waals surface area (Å²) in [5, 5.41) is 0.583. The molecule has 0 fully saturated rings. The van der Waals surface area contributed by atoms with E-state index < -0.39 is 5.97 Å². The summed E-state index contributed by atoms with van der Waals surface area (Å²) < 4.78 is 8.90. The molecule has 4 rings (SSSR count). The van der Waals surface area contributed by atoms with Crippen LogP contribution in [-0.4, -0.2) is 15.5 Å². The van der Waals surface area contributed by atoms with Crippen LogP contribution in [0.1, 0.15) is 6.92 Å². The molecular weight excluding hydrogens is 354 g/mol. The molecule has 0 unspecified atom stereocenters. The summed E-state index contributed by atoms with van der Waals surface area (Å²) in [4.78, 5) is 29.9. The first-order chi connectivity index (χ1) is 13.6. The number of esters is 1. The normalized spacial score (nSPS) is 10.8. The van der Waals surface area contributed by atoms with Crippen LogP contribution in [0.15, 0.2) is 77.9 Å². The number of nitrogens with zero attached hydrogens (tertiary/aromatic N) is 3. The average Bonchev–Trinajstić information content (AvgIpc) is 2.70. The van der Waals surface area contributed by atoms with Crippen LogP contribution in [0.4, 0.5) is 0 Å². The van der Waals surface area contributed by atoms with Gasteiger partial charge in [0, 0.05) is 25.3 Å². The van der Waals surface area contributed by atoms with E-state index in [-0.39, 0.29) is 11.3 Å². The maximum Gasteiger partial charge on any atom is 0.308 e. The molecule has 1 aromatic carbocycles. The van der Waals surface area contributed by atoms with E-state index in [1.165, 1.54) is 6.92 Å². The maximum absolute atomic E-state index is 13.7. The summed E-state index contributed by atoms with van der Waals surface area (Å²) >= 11 is 0. The summed E-state index contributed by atoms with van der Waals surface area (Å²) in [6.45, 7) is 1.32. The van der Waals surface area contributed by atoms with Crippen LogP contribution in [-0.2, 0) is 11.8 Å². The Bertz CT molecular complexity index is 1250. The van der Waals surface area contributed by atoms with Gasteiger partial charge in [0.2, 0.25) is 5.69 Å². The molecule has 28 heavy (non-hydrogen) atoms. The Kier molecular flexibility index (Phi) is 4.45. The van der Waals surface area contributed by atoms with Gasteiger partial charge >= 0.3 is 5.97 Å². The first kappa shape index (κ1) is 17.6. The van der Waals surface area contributed by atoms with E-state index in [4.69, 9.17) is 4.74 Å². The number of carbonyl (C=O) groups excluding carboxylic acids is 1. The summed E-state index contributed by atoms with van der Waals surface area (Å²) in [6, 6.07) is 18.4. The van der Waals surface area contributed by atoms with Gasteiger partial charge in [-0.3, -0.25) is 14.2 Å². The van der Waals surface area contributed by atoms with E-state index in [1.54, 1.807) is 22.9 Å². The van der Waals surface area contributed by atoms with Crippen LogP contribution in [0, 0.1) is 0 Å². The van der Waals surface area contributed by atoms with Gasteiger partial charge in [-0.25, -0.2) is 9.55 Å². The molecule has 0 saturated heterocycles. The second kappa shape index (κ2) is 7.08. The maximum atomic E-state index is 13.7. The van der Waals surface area contributed by atoms with E-state index in [2.05, 4.69) is 4.98 Å². The molecule has 0 saturated carbocycles. The molecule has 6 nitrogen and oxygen atoms in total. The van der Waals surface area contributed by atoms with Crippen molar-refractivity contribution >= 4 is 17.0 Å². The molecule has 0 atom stereocenters. The highest BCUT2D eigenvalue weighted by Gasteiger charge is 2.26. The molecule has 0 bridgehead atoms. The number of para-hydroxylation sites is 1. The third-order valence-electron chi connectivity index (χ3n) is 4.46. The zero-order chi connectivity index (χ0) is 19.7. The molecule has 0 N–H and O–H groups in total. The SMILES string of the molecule is CC(=O)Oc1c(-c2cccc[n+]2C)c(=O)n(-c2ccccc2)c2ncccc12. The van der Waals surface area contributed by atoms with Gasteiger partial charge in [0.05, 0.1) is 11.1 Å². The lowest BCUT2D eigenvalue weighted by Crippen LogP contribution is -2.34. The van der Waals surface area contributed by atoms with Crippen LogP contribution in [0.2, 0.25) is 0 Å². The number of fused-ring (bicyclic) bond motifs is 1. The minimum atomic E-state index is -0.498. The van der Waals surface area contributed by atoms with Crippen molar-refractivity contribution in [2.24, 2.45) is 7.05 Å². The number of pyridine rings is 3. The molecular formula is C22H18N3O3+. The lowest BCUT2D eigenvalue weighted by molar-refractivity contribution is -0.660. The standard InChI is InChI=1S/C22H18N3O3/c1-15(26)28-20-17-11-8-13-23-21(17)25(16-9-4-3-5-10-16)22(27)19(20)18-12-6-7-14-24(18)2/h3-14H,1-2H3/q+1. The van der Waals surface area contributed by atoms with Crippen LogP contribution < -0.4 is 14.9 Å². The topological polar surface area (TPSA) is 65.1 Å². The van der Waals surface area contributed by atoms with Crippen molar-refractivity contribution < 1.29 is 14.1 Å². The first-order valence-corrected chi connectivity index (χ1v) is 8.80. The van der Waals surface area contributed by atoms with Crippen LogP contribution in [0.3, 0.4) is 0 Å². The van der Waals surface area contributed by atoms with E-state index in [9.17, 15) is 9.59 Å². The molecule has 3 aromatic heterocycles. The Labute approximate surface area is 161 Å². The number of carbonyl (C=O) groups is 1. The van der Waals surface area contributed by atoms with Gasteiger partial charge in [-0.2, -0.15) is 0 Å². The van der Waals surface area contributed by atoms with Crippen molar-refractivity contribution in [1.29, 1.82) is 0 Å². The lowest BCUT2D eigenvalue weighted by atomic mass is 10.1. The van der Waals surface area contributed by atoms with E-state index in [0.717, 1.165) is 0 Å². The Hall–Kier alpha value is -3.80. The molecule has 0 aliphatic heterocycles. The van der Waals surface area contributed by atoms with Crippen molar-refractivity contribution in [2.75, 3.05) is 0 Å². The smallest absolute Gasteiger partial charge is 0.308 e. The molecule has 0 radical (unpaired) electrons. The van der Waals surface area contributed by atoms with Gasteiger partial charge in [0.25, 0.3) is 5.56 Å². The van der Waals surface area contributed by atoms with E-state index >= 15 is 0 Å². The summed E-state index contributed by atoms with van der Waals surface area (Å²) in [7, 11) is 1.84. The third kappa shape index (κ3) is 2.95. The fourth-order valence-electron chi connectivity index (χ4n) is 3.27. The molecule has 6 heteroatoms. The highest BCUT2D eigenvalue weighted by Crippen LogP contribution is 2.33. The van der Waals surface area contributed by atoms with Gasteiger partial charge in [-0.15, -0.1) is 0 Å². The monoisotopic (exact) mass is 372 g/mol. The van der Waals surface area contributed by atoms with E-state index in [0.29, 0.717) is 28.0 Å². The van der Waals surface area contributed by atoms with Crippen LogP contribution in [0.25, 0.3) is 28.0 Å². The zero-order valence-corrected chi connectivity index (χ0v) is 15.5. The molecule has 0 spiro atoms. The van der Waals surface area contributed by atoms with Crippen molar-refractivity contribution in [3.8, 4) is 22.7 Å². The summed E-state index contributed by atoms with van der Waals surface area (Å²) in [5.74, 6) is -0.281. The van der Waals surface area contributed by atoms with E-state index in [1.807, 2.05) is 66.3 Å². The Balaban J connectivity index is 2.21. The predicted octanol–water partition coefficient (Wildman–Crippen LogP) is 2.80. The van der Waals surface area contributed by atoms with Gasteiger partial charge < -0.3 is 4.74 Å². The number of benzene rings is 1. The number of aromatic nitrogens is 3.